The maximum atomic E-state index is 12.2. The molecule has 0 aromatic heterocycles. The number of nitrogens with zero attached hydrogens (tertiary/aromatic N) is 1. The van der Waals surface area contributed by atoms with Crippen molar-refractivity contribution in [2.45, 2.75) is 38.9 Å². The van der Waals surface area contributed by atoms with Gasteiger partial charge >= 0.3 is 6.18 Å². The number of aliphatic hydroxyl groups is 1. The summed E-state index contributed by atoms with van der Waals surface area (Å²) in [7, 11) is -3.92. The van der Waals surface area contributed by atoms with E-state index >= 15 is 0 Å². The molecule has 0 fully saturated rings. The molecule has 1 N–H and O–H groups in total. The van der Waals surface area contributed by atoms with Gasteiger partial charge < -0.3 is 5.11 Å². The molecule has 8 heteroatoms. The number of aliphatic hydroxyl groups excluding tert-OH is 1. The van der Waals surface area contributed by atoms with Gasteiger partial charge in [0.05, 0.1) is 5.75 Å². The quantitative estimate of drug-likeness (QED) is 0.715. The van der Waals surface area contributed by atoms with Crippen LogP contribution in [0.15, 0.2) is 0 Å². The molecule has 0 aromatic carbocycles. The van der Waals surface area contributed by atoms with Gasteiger partial charge in [-0.2, -0.15) is 17.5 Å². The number of sulfonamides is 1. The van der Waals surface area contributed by atoms with Gasteiger partial charge in [0, 0.05) is 12.6 Å². The van der Waals surface area contributed by atoms with Gasteiger partial charge in [-0.15, -0.1) is 0 Å². The van der Waals surface area contributed by atoms with Crippen molar-refractivity contribution >= 4 is 10.0 Å². The van der Waals surface area contributed by atoms with E-state index in [0.29, 0.717) is 4.31 Å². The molecule has 0 rings (SSSR count). The Hall–Kier alpha value is -0.340. The number of alkyl halides is 3. The minimum absolute atomic E-state index is 0.153. The van der Waals surface area contributed by atoms with Crippen molar-refractivity contribution in [3.05, 3.63) is 0 Å². The summed E-state index contributed by atoms with van der Waals surface area (Å²) in [5.74, 6) is -0.373. The van der Waals surface area contributed by atoms with Crippen LogP contribution in [0.1, 0.15) is 26.7 Å². The Morgan fingerprint density at radius 3 is 2.12 bits per heavy atom. The maximum absolute atomic E-state index is 12.2. The summed E-state index contributed by atoms with van der Waals surface area (Å²) in [5.41, 5.74) is 0. The van der Waals surface area contributed by atoms with E-state index in [-0.39, 0.29) is 25.2 Å². The maximum Gasteiger partial charge on any atom is 0.402 e. The van der Waals surface area contributed by atoms with Crippen LogP contribution in [-0.4, -0.2) is 49.0 Å². The number of unbranched alkanes of at least 4 members (excludes halogenated alkanes) is 1. The van der Waals surface area contributed by atoms with Crippen molar-refractivity contribution < 1.29 is 26.7 Å². The molecule has 0 unspecified atom stereocenters. The molecule has 104 valence electrons. The molecular formula is C9H18F3NO3S. The van der Waals surface area contributed by atoms with E-state index in [1.165, 1.54) is 13.8 Å². The van der Waals surface area contributed by atoms with Gasteiger partial charge in [0.1, 0.15) is 6.54 Å². The molecule has 0 saturated carbocycles. The topological polar surface area (TPSA) is 57.6 Å². The fraction of sp³-hybridized carbons (Fsp3) is 1.00. The van der Waals surface area contributed by atoms with Gasteiger partial charge in [-0.1, -0.05) is 0 Å². The monoisotopic (exact) mass is 277 g/mol. The lowest BCUT2D eigenvalue weighted by atomic mass is 10.4. The van der Waals surface area contributed by atoms with Crippen LogP contribution in [0.5, 0.6) is 0 Å². The van der Waals surface area contributed by atoms with Crippen molar-refractivity contribution in [2.75, 3.05) is 18.9 Å². The predicted octanol–water partition coefficient (Wildman–Crippen LogP) is 1.36. The Balaban J connectivity index is 4.69. The molecule has 0 aliphatic rings. The van der Waals surface area contributed by atoms with Crippen LogP contribution in [0.2, 0.25) is 0 Å². The Morgan fingerprint density at radius 1 is 1.24 bits per heavy atom. The number of hydrogen-bond donors (Lipinski definition) is 1. The molecule has 17 heavy (non-hydrogen) atoms. The minimum atomic E-state index is -4.55. The second-order valence-corrected chi connectivity index (χ2v) is 6.04. The Bertz CT molecular complexity index is 314. The lowest BCUT2D eigenvalue weighted by molar-refractivity contribution is -0.138. The molecular weight excluding hydrogens is 259 g/mol. The van der Waals surface area contributed by atoms with Gasteiger partial charge in [0.2, 0.25) is 10.0 Å². The Labute approximate surface area is 99.5 Å². The third kappa shape index (κ3) is 6.85. The van der Waals surface area contributed by atoms with Crippen molar-refractivity contribution in [3.8, 4) is 0 Å². The van der Waals surface area contributed by atoms with Gasteiger partial charge in [-0.05, 0) is 26.7 Å². The van der Waals surface area contributed by atoms with Crippen molar-refractivity contribution in [3.63, 3.8) is 0 Å². The molecule has 0 atom stereocenters. The van der Waals surface area contributed by atoms with E-state index in [9.17, 15) is 21.6 Å². The zero-order chi connectivity index (χ0) is 13.7. The van der Waals surface area contributed by atoms with Crippen LogP contribution in [-0.2, 0) is 10.0 Å². The average Bonchev–Trinajstić information content (AvgIpc) is 2.12. The molecule has 0 bridgehead atoms. The second-order valence-electron chi connectivity index (χ2n) is 4.00. The zero-order valence-corrected chi connectivity index (χ0v) is 10.7. The van der Waals surface area contributed by atoms with Crippen molar-refractivity contribution in [1.29, 1.82) is 0 Å². The summed E-state index contributed by atoms with van der Waals surface area (Å²) < 4.78 is 60.5. The highest BCUT2D eigenvalue weighted by molar-refractivity contribution is 7.89. The van der Waals surface area contributed by atoms with Gasteiger partial charge in [0.15, 0.2) is 0 Å². The zero-order valence-electron chi connectivity index (χ0n) is 9.87. The molecule has 0 spiro atoms. The van der Waals surface area contributed by atoms with E-state index < -0.39 is 28.8 Å². The van der Waals surface area contributed by atoms with Crippen LogP contribution < -0.4 is 0 Å². The van der Waals surface area contributed by atoms with Gasteiger partial charge in [0.25, 0.3) is 0 Å². The fourth-order valence-electron chi connectivity index (χ4n) is 1.29. The molecule has 0 saturated heterocycles. The predicted molar refractivity (Wildman–Crippen MR) is 58.0 cm³/mol. The van der Waals surface area contributed by atoms with E-state index in [0.717, 1.165) is 0 Å². The standard InChI is InChI=1S/C9H18F3NO3S/c1-8(2)13(7-9(10,11)12)17(15,16)6-4-3-5-14/h8,14H,3-7H2,1-2H3. The summed E-state index contributed by atoms with van der Waals surface area (Å²) in [6.07, 6.45) is -4.13. The summed E-state index contributed by atoms with van der Waals surface area (Å²) in [6.45, 7) is 1.16. The molecule has 0 aliphatic heterocycles. The van der Waals surface area contributed by atoms with Crippen LogP contribution in [0.3, 0.4) is 0 Å². The molecule has 0 radical (unpaired) electrons. The van der Waals surface area contributed by atoms with E-state index in [1.54, 1.807) is 0 Å². The molecule has 0 heterocycles. The number of rotatable bonds is 7. The third-order valence-corrected chi connectivity index (χ3v) is 4.15. The highest BCUT2D eigenvalue weighted by Crippen LogP contribution is 2.21. The Morgan fingerprint density at radius 2 is 1.76 bits per heavy atom. The lowest BCUT2D eigenvalue weighted by Gasteiger charge is -2.26. The van der Waals surface area contributed by atoms with E-state index in [2.05, 4.69) is 0 Å². The lowest BCUT2D eigenvalue weighted by Crippen LogP contribution is -2.44. The summed E-state index contributed by atoms with van der Waals surface area (Å²) in [6, 6.07) is -0.740. The van der Waals surface area contributed by atoms with Crippen LogP contribution >= 0.6 is 0 Å². The van der Waals surface area contributed by atoms with Crippen LogP contribution in [0.25, 0.3) is 0 Å². The average molecular weight is 277 g/mol. The van der Waals surface area contributed by atoms with Crippen LogP contribution in [0, 0.1) is 0 Å². The smallest absolute Gasteiger partial charge is 0.396 e. The van der Waals surface area contributed by atoms with Crippen molar-refractivity contribution in [1.82, 2.24) is 4.31 Å². The number of hydrogen-bond acceptors (Lipinski definition) is 3. The van der Waals surface area contributed by atoms with Gasteiger partial charge in [-0.25, -0.2) is 8.42 Å². The minimum Gasteiger partial charge on any atom is -0.396 e. The van der Waals surface area contributed by atoms with E-state index in [1.807, 2.05) is 0 Å². The highest BCUT2D eigenvalue weighted by atomic mass is 32.2. The third-order valence-electron chi connectivity index (χ3n) is 2.08. The summed E-state index contributed by atoms with van der Waals surface area (Å²) >= 11 is 0. The first-order valence-corrected chi connectivity index (χ1v) is 6.88. The van der Waals surface area contributed by atoms with Crippen LogP contribution in [0.4, 0.5) is 13.2 Å². The highest BCUT2D eigenvalue weighted by Gasteiger charge is 2.37. The largest absolute Gasteiger partial charge is 0.402 e. The van der Waals surface area contributed by atoms with Crippen molar-refractivity contribution in [2.24, 2.45) is 0 Å². The van der Waals surface area contributed by atoms with Gasteiger partial charge in [-0.3, -0.25) is 0 Å². The molecule has 0 amide bonds. The Kier molecular flexibility index (Phi) is 6.42. The first-order valence-electron chi connectivity index (χ1n) is 5.27. The first-order chi connectivity index (χ1) is 7.60. The second kappa shape index (κ2) is 6.55. The molecule has 4 nitrogen and oxygen atoms in total. The fourth-order valence-corrected chi connectivity index (χ4v) is 3.08. The number of halogens is 3. The SMILES string of the molecule is CC(C)N(CC(F)(F)F)S(=O)(=O)CCCCO. The van der Waals surface area contributed by atoms with E-state index in [4.69, 9.17) is 5.11 Å². The summed E-state index contributed by atoms with van der Waals surface area (Å²) in [4.78, 5) is 0. The normalized spacial score (nSPS) is 13.6. The molecule has 0 aliphatic carbocycles. The first kappa shape index (κ1) is 16.7. The summed E-state index contributed by atoms with van der Waals surface area (Å²) in [5, 5.41) is 8.51. The molecule has 0 aromatic rings.